The number of piperazine rings is 1. The highest BCUT2D eigenvalue weighted by atomic mass is 19.1. The van der Waals surface area contributed by atoms with Gasteiger partial charge in [0.1, 0.15) is 11.6 Å². The number of oxazole rings is 1. The molecule has 2 heterocycles. The van der Waals surface area contributed by atoms with Gasteiger partial charge in [-0.15, -0.1) is 0 Å². The number of halogens is 1. The lowest BCUT2D eigenvalue weighted by molar-refractivity contribution is -0.137. The molecule has 0 saturated carbocycles. The molecule has 1 aromatic heterocycles. The predicted molar refractivity (Wildman–Crippen MR) is 134 cm³/mol. The normalized spacial score (nSPS) is 14.4. The Morgan fingerprint density at radius 2 is 1.81 bits per heavy atom. The summed E-state index contributed by atoms with van der Waals surface area (Å²) in [6.45, 7) is 7.53. The molecule has 1 saturated heterocycles. The summed E-state index contributed by atoms with van der Waals surface area (Å²) in [7, 11) is 1.51. The smallest absolute Gasteiger partial charge is 0.313 e. The summed E-state index contributed by atoms with van der Waals surface area (Å²) in [5.74, 6) is -0.726. The van der Waals surface area contributed by atoms with Gasteiger partial charge in [-0.25, -0.2) is 9.37 Å². The van der Waals surface area contributed by atoms with E-state index in [0.29, 0.717) is 29.3 Å². The molecule has 190 valence electrons. The van der Waals surface area contributed by atoms with Gasteiger partial charge < -0.3 is 24.7 Å². The van der Waals surface area contributed by atoms with Gasteiger partial charge in [-0.05, 0) is 50.2 Å². The summed E-state index contributed by atoms with van der Waals surface area (Å²) >= 11 is 0. The standard InChI is InChI=1S/C26H30FN5O4/c1-26(2,16-31-10-12-32(13-11-31)20-7-4-18(27)5-8-20)30-25(34)24(33)29-19-6-9-21(22(14-19)35-3)23-15-28-17-36-23/h4-9,14-15,17H,10-13,16H2,1-3H3,(H,29,33)(H,30,34). The maximum Gasteiger partial charge on any atom is 0.313 e. The molecule has 1 aliphatic heterocycles. The number of ether oxygens (including phenoxy) is 1. The number of methoxy groups -OCH3 is 1. The zero-order valence-corrected chi connectivity index (χ0v) is 20.6. The van der Waals surface area contributed by atoms with Crippen LogP contribution in [-0.2, 0) is 9.59 Å². The van der Waals surface area contributed by atoms with Crippen molar-refractivity contribution in [2.45, 2.75) is 19.4 Å². The molecule has 2 aromatic carbocycles. The molecule has 3 aromatic rings. The topological polar surface area (TPSA) is 99.9 Å². The number of nitrogens with zero attached hydrogens (tertiary/aromatic N) is 3. The largest absolute Gasteiger partial charge is 0.496 e. The molecule has 0 bridgehead atoms. The molecular weight excluding hydrogens is 465 g/mol. The highest BCUT2D eigenvalue weighted by molar-refractivity contribution is 6.39. The average Bonchev–Trinajstić information content (AvgIpc) is 3.39. The second-order valence-electron chi connectivity index (χ2n) is 9.31. The number of hydrogen-bond donors (Lipinski definition) is 2. The number of aromatic nitrogens is 1. The number of carbonyl (C=O) groups is 2. The van der Waals surface area contributed by atoms with Gasteiger partial charge in [0, 0.05) is 55.7 Å². The zero-order chi connectivity index (χ0) is 25.7. The molecule has 0 aliphatic carbocycles. The number of anilines is 2. The Hall–Kier alpha value is -3.92. The first kappa shape index (κ1) is 25.2. The molecule has 0 unspecified atom stereocenters. The van der Waals surface area contributed by atoms with Gasteiger partial charge >= 0.3 is 11.8 Å². The molecule has 2 amide bonds. The Kier molecular flexibility index (Phi) is 7.54. The zero-order valence-electron chi connectivity index (χ0n) is 20.6. The van der Waals surface area contributed by atoms with Gasteiger partial charge in [0.2, 0.25) is 0 Å². The number of amides is 2. The van der Waals surface area contributed by atoms with Gasteiger partial charge in [-0.3, -0.25) is 14.5 Å². The Morgan fingerprint density at radius 3 is 2.44 bits per heavy atom. The molecule has 36 heavy (non-hydrogen) atoms. The maximum atomic E-state index is 13.2. The Balaban J connectivity index is 1.29. The number of rotatable bonds is 7. The first-order valence-corrected chi connectivity index (χ1v) is 11.7. The second-order valence-corrected chi connectivity index (χ2v) is 9.31. The van der Waals surface area contributed by atoms with E-state index in [2.05, 4.69) is 25.4 Å². The Morgan fingerprint density at radius 1 is 1.08 bits per heavy atom. The minimum absolute atomic E-state index is 0.249. The summed E-state index contributed by atoms with van der Waals surface area (Å²) in [4.78, 5) is 33.6. The molecule has 0 radical (unpaired) electrons. The van der Waals surface area contributed by atoms with Crippen molar-refractivity contribution in [3.8, 4) is 17.1 Å². The van der Waals surface area contributed by atoms with Crippen LogP contribution in [0.25, 0.3) is 11.3 Å². The number of benzene rings is 2. The summed E-state index contributed by atoms with van der Waals surface area (Å²) < 4.78 is 23.9. The molecule has 9 nitrogen and oxygen atoms in total. The Labute approximate surface area is 209 Å². The summed E-state index contributed by atoms with van der Waals surface area (Å²) in [6, 6.07) is 11.5. The lowest BCUT2D eigenvalue weighted by Crippen LogP contribution is -2.57. The van der Waals surface area contributed by atoms with Crippen LogP contribution in [0.4, 0.5) is 15.8 Å². The van der Waals surface area contributed by atoms with Crippen LogP contribution in [0, 0.1) is 5.82 Å². The van der Waals surface area contributed by atoms with Gasteiger partial charge in [0.15, 0.2) is 12.2 Å². The molecule has 4 rings (SSSR count). The van der Waals surface area contributed by atoms with Crippen LogP contribution in [0.5, 0.6) is 5.75 Å². The van der Waals surface area contributed by atoms with Crippen LogP contribution in [0.15, 0.2) is 59.5 Å². The van der Waals surface area contributed by atoms with Gasteiger partial charge in [0.05, 0.1) is 18.9 Å². The SMILES string of the molecule is COc1cc(NC(=O)C(=O)NC(C)(C)CN2CCN(c3ccc(F)cc3)CC2)ccc1-c1cnco1. The van der Waals surface area contributed by atoms with E-state index in [9.17, 15) is 14.0 Å². The predicted octanol–water partition coefficient (Wildman–Crippen LogP) is 3.14. The van der Waals surface area contributed by atoms with Gasteiger partial charge in [-0.1, -0.05) is 0 Å². The van der Waals surface area contributed by atoms with Crippen molar-refractivity contribution in [1.29, 1.82) is 0 Å². The molecule has 0 spiro atoms. The summed E-state index contributed by atoms with van der Waals surface area (Å²) in [5.41, 5.74) is 1.47. The number of hydrogen-bond acceptors (Lipinski definition) is 7. The van der Waals surface area contributed by atoms with E-state index in [1.165, 1.54) is 25.6 Å². The van der Waals surface area contributed by atoms with Crippen LogP contribution >= 0.6 is 0 Å². The molecule has 1 aliphatic rings. The van der Waals surface area contributed by atoms with E-state index in [4.69, 9.17) is 9.15 Å². The van der Waals surface area contributed by atoms with E-state index in [1.807, 2.05) is 13.8 Å². The third kappa shape index (κ3) is 6.19. The third-order valence-electron chi connectivity index (χ3n) is 6.00. The highest BCUT2D eigenvalue weighted by Crippen LogP contribution is 2.32. The first-order chi connectivity index (χ1) is 17.2. The van der Waals surface area contributed by atoms with E-state index in [0.717, 1.165) is 31.9 Å². The highest BCUT2D eigenvalue weighted by Gasteiger charge is 2.29. The number of carbonyl (C=O) groups excluding carboxylic acids is 2. The van der Waals surface area contributed by atoms with Crippen molar-refractivity contribution in [1.82, 2.24) is 15.2 Å². The van der Waals surface area contributed by atoms with Crippen molar-refractivity contribution in [3.05, 3.63) is 60.9 Å². The molecule has 1 fully saturated rings. The quantitative estimate of drug-likeness (QED) is 0.486. The lowest BCUT2D eigenvalue weighted by atomic mass is 10.0. The molecule has 10 heteroatoms. The fraction of sp³-hybridized carbons (Fsp3) is 0.346. The minimum Gasteiger partial charge on any atom is -0.496 e. The van der Waals surface area contributed by atoms with Crippen molar-refractivity contribution in [2.75, 3.05) is 50.1 Å². The van der Waals surface area contributed by atoms with Crippen LogP contribution in [0.1, 0.15) is 13.8 Å². The van der Waals surface area contributed by atoms with Crippen molar-refractivity contribution in [2.24, 2.45) is 0 Å². The van der Waals surface area contributed by atoms with E-state index in [1.54, 1.807) is 36.5 Å². The summed E-state index contributed by atoms with van der Waals surface area (Å²) in [5, 5.41) is 5.45. The van der Waals surface area contributed by atoms with Gasteiger partial charge in [0.25, 0.3) is 0 Å². The van der Waals surface area contributed by atoms with Gasteiger partial charge in [-0.2, -0.15) is 0 Å². The van der Waals surface area contributed by atoms with Crippen LogP contribution < -0.4 is 20.3 Å². The third-order valence-corrected chi connectivity index (χ3v) is 6.00. The summed E-state index contributed by atoms with van der Waals surface area (Å²) in [6.07, 6.45) is 2.89. The van der Waals surface area contributed by atoms with Crippen molar-refractivity contribution in [3.63, 3.8) is 0 Å². The minimum atomic E-state index is -0.765. The van der Waals surface area contributed by atoms with E-state index < -0.39 is 17.4 Å². The van der Waals surface area contributed by atoms with Crippen LogP contribution in [0.2, 0.25) is 0 Å². The Bertz CT molecular complexity index is 1190. The fourth-order valence-electron chi connectivity index (χ4n) is 4.29. The second kappa shape index (κ2) is 10.8. The molecular formula is C26H30FN5O4. The van der Waals surface area contributed by atoms with Crippen LogP contribution in [-0.4, -0.2) is 67.1 Å². The van der Waals surface area contributed by atoms with E-state index in [-0.39, 0.29) is 5.82 Å². The lowest BCUT2D eigenvalue weighted by Gasteiger charge is -2.40. The maximum absolute atomic E-state index is 13.2. The fourth-order valence-corrected chi connectivity index (χ4v) is 4.29. The first-order valence-electron chi connectivity index (χ1n) is 11.7. The monoisotopic (exact) mass is 495 g/mol. The molecule has 2 N–H and O–H groups in total. The molecule has 0 atom stereocenters. The van der Waals surface area contributed by atoms with E-state index >= 15 is 0 Å². The number of nitrogens with one attached hydrogen (secondary N) is 2. The average molecular weight is 496 g/mol. The van der Waals surface area contributed by atoms with Crippen LogP contribution in [0.3, 0.4) is 0 Å². The van der Waals surface area contributed by atoms with Crippen molar-refractivity contribution >= 4 is 23.2 Å². The van der Waals surface area contributed by atoms with Crippen molar-refractivity contribution < 1.29 is 23.1 Å².